The van der Waals surface area contributed by atoms with Gasteiger partial charge in [0, 0.05) is 24.1 Å². The average Bonchev–Trinajstić information content (AvgIpc) is 3.33. The molecule has 0 radical (unpaired) electrons. The molecule has 0 saturated carbocycles. The van der Waals surface area contributed by atoms with Crippen LogP contribution in [-0.2, 0) is 0 Å². The van der Waals surface area contributed by atoms with Crippen LogP contribution in [0.25, 0.3) is 16.3 Å². The van der Waals surface area contributed by atoms with Gasteiger partial charge in [-0.2, -0.15) is 9.97 Å². The zero-order valence-corrected chi connectivity index (χ0v) is 14.4. The largest absolute Gasteiger partial charge is 0.493 e. The predicted molar refractivity (Wildman–Crippen MR) is 97.4 cm³/mol. The van der Waals surface area contributed by atoms with Gasteiger partial charge in [0.05, 0.1) is 19.7 Å². The van der Waals surface area contributed by atoms with E-state index in [4.69, 9.17) is 9.47 Å². The summed E-state index contributed by atoms with van der Waals surface area (Å²) in [4.78, 5) is 14.4. The van der Waals surface area contributed by atoms with Crippen LogP contribution in [0.15, 0.2) is 48.2 Å². The minimum absolute atomic E-state index is 0.588. The molecule has 0 fully saturated rings. The summed E-state index contributed by atoms with van der Waals surface area (Å²) >= 11 is 1.48. The van der Waals surface area contributed by atoms with Crippen LogP contribution in [0.2, 0.25) is 0 Å². The molecule has 3 aromatic heterocycles. The molecule has 126 valence electrons. The SMILES string of the molecule is COc1ccc(Nc2nc(-n3cccc3)nc3scnc23)cc1OC. The lowest BCUT2D eigenvalue weighted by Crippen LogP contribution is -2.03. The zero-order valence-electron chi connectivity index (χ0n) is 13.6. The summed E-state index contributed by atoms with van der Waals surface area (Å²) in [5, 5.41) is 3.31. The van der Waals surface area contributed by atoms with Gasteiger partial charge in [-0.3, -0.25) is 4.57 Å². The zero-order chi connectivity index (χ0) is 17.2. The molecule has 0 aliphatic rings. The Morgan fingerprint density at radius 3 is 2.60 bits per heavy atom. The molecule has 4 rings (SSSR count). The maximum atomic E-state index is 5.35. The summed E-state index contributed by atoms with van der Waals surface area (Å²) < 4.78 is 12.5. The number of anilines is 2. The molecular formula is C17H15N5O2S. The Balaban J connectivity index is 1.77. The number of nitrogens with one attached hydrogen (secondary N) is 1. The van der Waals surface area contributed by atoms with Crippen LogP contribution in [0.5, 0.6) is 11.5 Å². The smallest absolute Gasteiger partial charge is 0.237 e. The van der Waals surface area contributed by atoms with Crippen LogP contribution in [-0.4, -0.2) is 33.7 Å². The minimum atomic E-state index is 0.588. The summed E-state index contributed by atoms with van der Waals surface area (Å²) in [6, 6.07) is 9.46. The van der Waals surface area contributed by atoms with Crippen molar-refractivity contribution in [3.63, 3.8) is 0 Å². The van der Waals surface area contributed by atoms with E-state index in [0.29, 0.717) is 23.3 Å². The first kappa shape index (κ1) is 15.4. The first-order valence-corrected chi connectivity index (χ1v) is 8.40. The third-order valence-corrected chi connectivity index (χ3v) is 4.39. The molecular weight excluding hydrogens is 338 g/mol. The van der Waals surface area contributed by atoms with E-state index < -0.39 is 0 Å². The Morgan fingerprint density at radius 2 is 1.84 bits per heavy atom. The van der Waals surface area contributed by atoms with Gasteiger partial charge in [-0.15, -0.1) is 11.3 Å². The van der Waals surface area contributed by atoms with Gasteiger partial charge in [0.2, 0.25) is 5.95 Å². The molecule has 0 saturated heterocycles. The molecule has 3 heterocycles. The molecule has 1 aromatic carbocycles. The van der Waals surface area contributed by atoms with Crippen molar-refractivity contribution in [3.05, 3.63) is 48.2 Å². The average molecular weight is 353 g/mol. The highest BCUT2D eigenvalue weighted by Gasteiger charge is 2.13. The van der Waals surface area contributed by atoms with Gasteiger partial charge < -0.3 is 14.8 Å². The van der Waals surface area contributed by atoms with Crippen LogP contribution < -0.4 is 14.8 Å². The lowest BCUT2D eigenvalue weighted by molar-refractivity contribution is 0.355. The number of methoxy groups -OCH3 is 2. The number of fused-ring (bicyclic) bond motifs is 1. The molecule has 0 amide bonds. The molecule has 25 heavy (non-hydrogen) atoms. The second-order valence-electron chi connectivity index (χ2n) is 5.16. The molecule has 8 heteroatoms. The molecule has 0 spiro atoms. The summed E-state index contributed by atoms with van der Waals surface area (Å²) in [6.45, 7) is 0. The Morgan fingerprint density at radius 1 is 1.04 bits per heavy atom. The van der Waals surface area contributed by atoms with Crippen molar-refractivity contribution < 1.29 is 9.47 Å². The fraction of sp³-hybridized carbons (Fsp3) is 0.118. The number of thiazole rings is 1. The Kier molecular flexibility index (Phi) is 3.95. The Hall–Kier alpha value is -3.13. The van der Waals surface area contributed by atoms with Gasteiger partial charge in [0.1, 0.15) is 5.52 Å². The highest BCUT2D eigenvalue weighted by molar-refractivity contribution is 7.16. The lowest BCUT2D eigenvalue weighted by atomic mass is 10.2. The van der Waals surface area contributed by atoms with Crippen LogP contribution >= 0.6 is 11.3 Å². The van der Waals surface area contributed by atoms with Gasteiger partial charge in [-0.1, -0.05) is 0 Å². The van der Waals surface area contributed by atoms with Crippen molar-refractivity contribution in [2.75, 3.05) is 19.5 Å². The highest BCUT2D eigenvalue weighted by Crippen LogP contribution is 2.32. The third-order valence-electron chi connectivity index (χ3n) is 3.67. The van der Waals surface area contributed by atoms with Crippen molar-refractivity contribution in [2.24, 2.45) is 0 Å². The van der Waals surface area contributed by atoms with Crippen molar-refractivity contribution in [1.29, 1.82) is 0 Å². The van der Waals surface area contributed by atoms with Crippen LogP contribution in [0.1, 0.15) is 0 Å². The number of benzene rings is 1. The number of hydrogen-bond acceptors (Lipinski definition) is 7. The van der Waals surface area contributed by atoms with Gasteiger partial charge in [0.15, 0.2) is 22.1 Å². The van der Waals surface area contributed by atoms with E-state index in [0.717, 1.165) is 16.0 Å². The molecule has 4 aromatic rings. The van der Waals surface area contributed by atoms with E-state index in [1.165, 1.54) is 11.3 Å². The fourth-order valence-electron chi connectivity index (χ4n) is 2.47. The van der Waals surface area contributed by atoms with Crippen molar-refractivity contribution >= 4 is 33.2 Å². The number of hydrogen-bond donors (Lipinski definition) is 1. The summed E-state index contributed by atoms with van der Waals surface area (Å²) in [7, 11) is 3.21. The number of rotatable bonds is 5. The molecule has 0 unspecified atom stereocenters. The van der Waals surface area contributed by atoms with Crippen molar-refractivity contribution in [3.8, 4) is 17.4 Å². The van der Waals surface area contributed by atoms with Gasteiger partial charge >= 0.3 is 0 Å². The van der Waals surface area contributed by atoms with Crippen LogP contribution in [0.4, 0.5) is 11.5 Å². The monoisotopic (exact) mass is 353 g/mol. The summed E-state index contributed by atoms with van der Waals surface area (Å²) in [6.07, 6.45) is 3.81. The molecule has 0 atom stereocenters. The Labute approximate surface area is 147 Å². The van der Waals surface area contributed by atoms with Crippen molar-refractivity contribution in [1.82, 2.24) is 19.5 Å². The maximum absolute atomic E-state index is 5.35. The molecule has 0 bridgehead atoms. The second-order valence-corrected chi connectivity index (χ2v) is 6.00. The van der Waals surface area contributed by atoms with Gasteiger partial charge in [-0.25, -0.2) is 4.98 Å². The lowest BCUT2D eigenvalue weighted by Gasteiger charge is -2.12. The van der Waals surface area contributed by atoms with Crippen LogP contribution in [0.3, 0.4) is 0 Å². The molecule has 0 aliphatic heterocycles. The quantitative estimate of drug-likeness (QED) is 0.590. The number of nitrogens with zero attached hydrogens (tertiary/aromatic N) is 4. The number of ether oxygens (including phenoxy) is 2. The molecule has 1 N–H and O–H groups in total. The van der Waals surface area contributed by atoms with Gasteiger partial charge in [0.25, 0.3) is 0 Å². The fourth-order valence-corrected chi connectivity index (χ4v) is 3.13. The topological polar surface area (TPSA) is 74.1 Å². The first-order chi connectivity index (χ1) is 12.3. The minimum Gasteiger partial charge on any atom is -0.493 e. The summed E-state index contributed by atoms with van der Waals surface area (Å²) in [5.74, 6) is 2.54. The highest BCUT2D eigenvalue weighted by atomic mass is 32.1. The van der Waals surface area contributed by atoms with E-state index in [9.17, 15) is 0 Å². The van der Waals surface area contributed by atoms with Crippen molar-refractivity contribution in [2.45, 2.75) is 0 Å². The van der Waals surface area contributed by atoms with E-state index in [1.807, 2.05) is 47.3 Å². The Bertz CT molecular complexity index is 1010. The number of aromatic nitrogens is 4. The van der Waals surface area contributed by atoms with E-state index in [2.05, 4.69) is 20.3 Å². The van der Waals surface area contributed by atoms with Gasteiger partial charge in [-0.05, 0) is 24.3 Å². The summed E-state index contributed by atoms with van der Waals surface area (Å²) in [5.41, 5.74) is 3.32. The first-order valence-electron chi connectivity index (χ1n) is 7.52. The van der Waals surface area contributed by atoms with Crippen LogP contribution in [0, 0.1) is 0 Å². The second kappa shape index (κ2) is 6.40. The van der Waals surface area contributed by atoms with E-state index in [-0.39, 0.29) is 0 Å². The third kappa shape index (κ3) is 2.87. The maximum Gasteiger partial charge on any atom is 0.237 e. The molecule has 0 aliphatic carbocycles. The van der Waals surface area contributed by atoms with E-state index >= 15 is 0 Å². The standard InChI is InChI=1S/C17H15N5O2S/c1-23-12-6-5-11(9-13(12)24-2)19-15-14-16(25-10-18-14)21-17(20-15)22-7-3-4-8-22/h3-10H,1-2H3,(H,19,20,21). The van der Waals surface area contributed by atoms with E-state index in [1.54, 1.807) is 19.7 Å². The predicted octanol–water partition coefficient (Wildman–Crippen LogP) is 3.64. The normalized spacial score (nSPS) is 10.8. The molecule has 7 nitrogen and oxygen atoms in total.